The highest BCUT2D eigenvalue weighted by molar-refractivity contribution is 5.46. The van der Waals surface area contributed by atoms with Crippen molar-refractivity contribution in [3.63, 3.8) is 0 Å². The smallest absolute Gasteiger partial charge is 0.166 e. The Labute approximate surface area is 118 Å². The maximum Gasteiger partial charge on any atom is 0.166 e. The van der Waals surface area contributed by atoms with Crippen LogP contribution in [0, 0.1) is 0 Å². The molecule has 0 saturated heterocycles. The van der Waals surface area contributed by atoms with Gasteiger partial charge in [0.2, 0.25) is 0 Å². The number of phenolic OH excluding ortho intramolecular Hbond substituents is 1. The molecule has 0 aromatic heterocycles. The van der Waals surface area contributed by atoms with Gasteiger partial charge in [-0.3, -0.25) is 0 Å². The lowest BCUT2D eigenvalue weighted by molar-refractivity contribution is 0.266. The van der Waals surface area contributed by atoms with Crippen LogP contribution in [0.2, 0.25) is 0 Å². The van der Waals surface area contributed by atoms with Crippen LogP contribution in [-0.2, 0) is 13.2 Å². The van der Waals surface area contributed by atoms with Crippen LogP contribution < -0.4 is 15.2 Å². The molecular weight excluding hydrogens is 254 g/mol. The molecule has 0 heterocycles. The van der Waals surface area contributed by atoms with E-state index in [0.29, 0.717) is 31.3 Å². The fraction of sp³-hybridized carbons (Fsp3) is 0.250. The number of nitrogens with two attached hydrogens (primary N) is 1. The van der Waals surface area contributed by atoms with Gasteiger partial charge in [0.1, 0.15) is 12.4 Å². The highest BCUT2D eigenvalue weighted by Crippen LogP contribution is 2.32. The third-order valence-electron chi connectivity index (χ3n) is 2.87. The summed E-state index contributed by atoms with van der Waals surface area (Å²) >= 11 is 0. The van der Waals surface area contributed by atoms with Crippen molar-refractivity contribution in [2.45, 2.75) is 20.1 Å². The zero-order valence-electron chi connectivity index (χ0n) is 11.5. The second-order valence-electron chi connectivity index (χ2n) is 4.34. The monoisotopic (exact) mass is 273 g/mol. The Balaban J connectivity index is 2.19. The van der Waals surface area contributed by atoms with Gasteiger partial charge in [0.05, 0.1) is 6.61 Å². The molecule has 0 radical (unpaired) electrons. The summed E-state index contributed by atoms with van der Waals surface area (Å²) in [6.45, 7) is 3.23. The summed E-state index contributed by atoms with van der Waals surface area (Å²) in [7, 11) is 0. The molecule has 0 aliphatic rings. The summed E-state index contributed by atoms with van der Waals surface area (Å²) in [5, 5.41) is 9.45. The molecule has 3 N–H and O–H groups in total. The summed E-state index contributed by atoms with van der Waals surface area (Å²) in [5.74, 6) is 1.58. The summed E-state index contributed by atoms with van der Waals surface area (Å²) < 4.78 is 11.4. The summed E-state index contributed by atoms with van der Waals surface area (Å²) in [6.07, 6.45) is 0. The minimum absolute atomic E-state index is 0.225. The van der Waals surface area contributed by atoms with Gasteiger partial charge in [0.25, 0.3) is 0 Å². The van der Waals surface area contributed by atoms with Crippen LogP contribution in [0.4, 0.5) is 0 Å². The normalized spacial score (nSPS) is 10.3. The molecule has 4 nitrogen and oxygen atoms in total. The van der Waals surface area contributed by atoms with E-state index < -0.39 is 0 Å². The molecule has 0 aliphatic heterocycles. The van der Waals surface area contributed by atoms with Gasteiger partial charge in [0, 0.05) is 12.1 Å². The highest BCUT2D eigenvalue weighted by atomic mass is 16.5. The molecule has 0 saturated carbocycles. The van der Waals surface area contributed by atoms with Gasteiger partial charge in [-0.15, -0.1) is 0 Å². The molecule has 2 aromatic carbocycles. The first-order valence-electron chi connectivity index (χ1n) is 6.60. The predicted octanol–water partition coefficient (Wildman–Crippen LogP) is 2.83. The molecule has 0 fully saturated rings. The van der Waals surface area contributed by atoms with E-state index >= 15 is 0 Å². The summed E-state index contributed by atoms with van der Waals surface area (Å²) in [4.78, 5) is 0. The van der Waals surface area contributed by atoms with Gasteiger partial charge in [0.15, 0.2) is 11.5 Å². The first-order valence-corrected chi connectivity index (χ1v) is 6.60. The number of hydrogen-bond donors (Lipinski definition) is 2. The zero-order valence-corrected chi connectivity index (χ0v) is 11.5. The van der Waals surface area contributed by atoms with E-state index in [1.54, 1.807) is 18.2 Å². The molecule has 0 amide bonds. The Hall–Kier alpha value is -2.20. The van der Waals surface area contributed by atoms with Crippen LogP contribution in [0.15, 0.2) is 42.5 Å². The second-order valence-corrected chi connectivity index (χ2v) is 4.34. The largest absolute Gasteiger partial charge is 0.508 e. The van der Waals surface area contributed by atoms with E-state index in [1.807, 2.05) is 31.2 Å². The lowest BCUT2D eigenvalue weighted by atomic mass is 10.2. The van der Waals surface area contributed by atoms with Crippen LogP contribution in [-0.4, -0.2) is 11.7 Å². The van der Waals surface area contributed by atoms with E-state index in [2.05, 4.69) is 0 Å². The summed E-state index contributed by atoms with van der Waals surface area (Å²) in [6, 6.07) is 12.7. The van der Waals surface area contributed by atoms with E-state index in [0.717, 1.165) is 11.1 Å². The molecule has 20 heavy (non-hydrogen) atoms. The van der Waals surface area contributed by atoms with Crippen molar-refractivity contribution in [1.82, 2.24) is 0 Å². The molecule has 2 aromatic rings. The van der Waals surface area contributed by atoms with E-state index in [1.165, 1.54) is 0 Å². The van der Waals surface area contributed by atoms with Gasteiger partial charge in [-0.1, -0.05) is 24.3 Å². The third-order valence-corrected chi connectivity index (χ3v) is 2.87. The number of para-hydroxylation sites is 1. The Morgan fingerprint density at radius 1 is 1.10 bits per heavy atom. The molecule has 4 heteroatoms. The van der Waals surface area contributed by atoms with Crippen molar-refractivity contribution in [1.29, 1.82) is 0 Å². The maximum atomic E-state index is 9.45. The van der Waals surface area contributed by atoms with E-state index in [9.17, 15) is 5.11 Å². The van der Waals surface area contributed by atoms with Crippen molar-refractivity contribution < 1.29 is 14.6 Å². The Morgan fingerprint density at radius 3 is 2.60 bits per heavy atom. The van der Waals surface area contributed by atoms with Gasteiger partial charge >= 0.3 is 0 Å². The topological polar surface area (TPSA) is 64.7 Å². The lowest BCUT2D eigenvalue weighted by Crippen LogP contribution is -2.05. The van der Waals surface area contributed by atoms with Gasteiger partial charge in [-0.2, -0.15) is 0 Å². The van der Waals surface area contributed by atoms with Crippen molar-refractivity contribution >= 4 is 0 Å². The average Bonchev–Trinajstić information content (AvgIpc) is 2.46. The van der Waals surface area contributed by atoms with E-state index in [-0.39, 0.29) is 5.75 Å². The molecule has 0 spiro atoms. The number of benzene rings is 2. The minimum atomic E-state index is 0.225. The van der Waals surface area contributed by atoms with Crippen molar-refractivity contribution in [2.75, 3.05) is 6.61 Å². The number of hydrogen-bond acceptors (Lipinski definition) is 4. The third kappa shape index (κ3) is 3.42. The molecule has 0 aliphatic carbocycles. The van der Waals surface area contributed by atoms with Crippen LogP contribution in [0.5, 0.6) is 17.2 Å². The van der Waals surface area contributed by atoms with Crippen molar-refractivity contribution in [3.8, 4) is 17.2 Å². The number of ether oxygens (including phenoxy) is 2. The van der Waals surface area contributed by atoms with Crippen LogP contribution in [0.1, 0.15) is 18.1 Å². The lowest BCUT2D eigenvalue weighted by Gasteiger charge is -2.15. The molecule has 0 bridgehead atoms. The molecular formula is C16H19NO3. The van der Waals surface area contributed by atoms with Gasteiger partial charge in [-0.05, 0) is 30.7 Å². The quantitative estimate of drug-likeness (QED) is 0.849. The molecule has 106 valence electrons. The standard InChI is InChI=1S/C16H19NO3/c1-2-19-15-8-4-6-13(10-17)16(15)20-11-12-5-3-7-14(18)9-12/h3-9,18H,2,10-11,17H2,1H3. The molecule has 0 atom stereocenters. The first-order chi connectivity index (χ1) is 9.74. The fourth-order valence-corrected chi connectivity index (χ4v) is 1.96. The fourth-order valence-electron chi connectivity index (χ4n) is 1.96. The SMILES string of the molecule is CCOc1cccc(CN)c1OCc1cccc(O)c1. The Kier molecular flexibility index (Phi) is 4.85. The Bertz CT molecular complexity index is 569. The molecule has 0 unspecified atom stereocenters. The van der Waals surface area contributed by atoms with Crippen molar-refractivity contribution in [3.05, 3.63) is 53.6 Å². The predicted molar refractivity (Wildman–Crippen MR) is 77.9 cm³/mol. The van der Waals surface area contributed by atoms with Crippen LogP contribution in [0.25, 0.3) is 0 Å². The maximum absolute atomic E-state index is 9.45. The first kappa shape index (κ1) is 14.2. The Morgan fingerprint density at radius 2 is 1.90 bits per heavy atom. The average molecular weight is 273 g/mol. The highest BCUT2D eigenvalue weighted by Gasteiger charge is 2.10. The zero-order chi connectivity index (χ0) is 14.4. The van der Waals surface area contributed by atoms with E-state index in [4.69, 9.17) is 15.2 Å². The second kappa shape index (κ2) is 6.82. The van der Waals surface area contributed by atoms with Gasteiger partial charge < -0.3 is 20.3 Å². The summed E-state index contributed by atoms with van der Waals surface area (Å²) in [5.41, 5.74) is 7.52. The molecule has 2 rings (SSSR count). The minimum Gasteiger partial charge on any atom is -0.508 e. The number of rotatable bonds is 6. The van der Waals surface area contributed by atoms with Crippen molar-refractivity contribution in [2.24, 2.45) is 5.73 Å². The van der Waals surface area contributed by atoms with Crippen LogP contribution >= 0.6 is 0 Å². The van der Waals surface area contributed by atoms with Crippen LogP contribution in [0.3, 0.4) is 0 Å². The number of aromatic hydroxyl groups is 1. The van der Waals surface area contributed by atoms with Gasteiger partial charge in [-0.25, -0.2) is 0 Å². The number of phenols is 1.